The molecule has 0 aliphatic rings. The molecule has 0 aliphatic heterocycles. The highest BCUT2D eigenvalue weighted by molar-refractivity contribution is 5.79. The summed E-state index contributed by atoms with van der Waals surface area (Å²) in [6.45, 7) is 4.92. The van der Waals surface area contributed by atoms with Gasteiger partial charge >= 0.3 is 0 Å². The Hall–Kier alpha value is -3.02. The van der Waals surface area contributed by atoms with E-state index in [1.54, 1.807) is 24.7 Å². The Kier molecular flexibility index (Phi) is 4.65. The van der Waals surface area contributed by atoms with Gasteiger partial charge in [0.25, 0.3) is 0 Å². The van der Waals surface area contributed by atoms with Crippen LogP contribution in [0.2, 0.25) is 0 Å². The minimum atomic E-state index is 0.295. The number of aldehydes is 1. The van der Waals surface area contributed by atoms with Gasteiger partial charge in [-0.15, -0.1) is 0 Å². The molecule has 0 spiro atoms. The fourth-order valence-electron chi connectivity index (χ4n) is 2.51. The zero-order chi connectivity index (χ0) is 16.9. The normalized spacial score (nSPS) is 10.6. The summed E-state index contributed by atoms with van der Waals surface area (Å²) in [5.74, 6) is 0.467. The largest absolute Gasteiger partial charge is 0.486 e. The van der Waals surface area contributed by atoms with Crippen LogP contribution in [-0.2, 0) is 13.2 Å². The summed E-state index contributed by atoms with van der Waals surface area (Å²) in [5, 5.41) is 4.29. The number of carbonyl (C=O) groups excluding carboxylic acids is 1. The fraction of sp³-hybridized carbons (Fsp3) is 0.222. The number of hydrogen-bond donors (Lipinski definition) is 0. The third-order valence-electron chi connectivity index (χ3n) is 3.69. The van der Waals surface area contributed by atoms with Crippen LogP contribution in [0, 0.1) is 6.92 Å². The van der Waals surface area contributed by atoms with E-state index in [9.17, 15) is 4.79 Å². The molecular formula is C18H18N4O2. The monoisotopic (exact) mass is 322 g/mol. The van der Waals surface area contributed by atoms with E-state index >= 15 is 0 Å². The predicted octanol–water partition coefficient (Wildman–Crippen LogP) is 3.06. The maximum Gasteiger partial charge on any atom is 0.153 e. The molecule has 6 nitrogen and oxygen atoms in total. The highest BCUT2D eigenvalue weighted by Crippen LogP contribution is 2.23. The highest BCUT2D eigenvalue weighted by Gasteiger charge is 2.12. The zero-order valence-electron chi connectivity index (χ0n) is 13.6. The van der Waals surface area contributed by atoms with Gasteiger partial charge in [-0.3, -0.25) is 19.4 Å². The molecular weight excluding hydrogens is 304 g/mol. The molecule has 0 fully saturated rings. The van der Waals surface area contributed by atoms with Crippen LogP contribution in [0.25, 0.3) is 11.4 Å². The van der Waals surface area contributed by atoms with Crippen molar-refractivity contribution in [2.24, 2.45) is 0 Å². The molecule has 3 rings (SSSR count). The van der Waals surface area contributed by atoms with Crippen LogP contribution in [0.3, 0.4) is 0 Å². The van der Waals surface area contributed by atoms with Crippen LogP contribution < -0.4 is 4.74 Å². The van der Waals surface area contributed by atoms with Gasteiger partial charge in [0.2, 0.25) is 0 Å². The van der Waals surface area contributed by atoms with Crippen molar-refractivity contribution >= 4 is 6.29 Å². The lowest BCUT2D eigenvalue weighted by Gasteiger charge is -2.12. The van der Waals surface area contributed by atoms with Gasteiger partial charge < -0.3 is 4.74 Å². The van der Waals surface area contributed by atoms with E-state index in [2.05, 4.69) is 15.1 Å². The van der Waals surface area contributed by atoms with E-state index in [-0.39, 0.29) is 0 Å². The van der Waals surface area contributed by atoms with Crippen molar-refractivity contribution in [3.63, 3.8) is 0 Å². The first kappa shape index (κ1) is 15.9. The Balaban J connectivity index is 1.88. The van der Waals surface area contributed by atoms with Crippen LogP contribution in [0.5, 0.6) is 5.75 Å². The van der Waals surface area contributed by atoms with Crippen LogP contribution >= 0.6 is 0 Å². The Morgan fingerprint density at radius 3 is 2.92 bits per heavy atom. The fourth-order valence-corrected chi connectivity index (χ4v) is 2.51. The number of hydrogen-bond acceptors (Lipinski definition) is 5. The third-order valence-corrected chi connectivity index (χ3v) is 3.69. The molecule has 0 unspecified atom stereocenters. The Morgan fingerprint density at radius 2 is 2.12 bits per heavy atom. The maximum absolute atomic E-state index is 11.2. The Labute approximate surface area is 140 Å². The molecule has 0 N–H and O–H groups in total. The molecule has 0 saturated carbocycles. The van der Waals surface area contributed by atoms with Gasteiger partial charge in [-0.25, -0.2) is 0 Å². The molecule has 0 atom stereocenters. The van der Waals surface area contributed by atoms with Crippen molar-refractivity contribution in [2.75, 3.05) is 0 Å². The van der Waals surface area contributed by atoms with Gasteiger partial charge in [-0.2, -0.15) is 5.10 Å². The SMILES string of the molecule is CCn1nccc1-c1ncccc1COc1cnc(C)cc1C=O. The summed E-state index contributed by atoms with van der Waals surface area (Å²) in [4.78, 5) is 19.9. The second-order valence-electron chi connectivity index (χ2n) is 5.31. The van der Waals surface area contributed by atoms with Crippen molar-refractivity contribution in [1.29, 1.82) is 0 Å². The van der Waals surface area contributed by atoms with Gasteiger partial charge in [-0.05, 0) is 32.0 Å². The van der Waals surface area contributed by atoms with Crippen molar-refractivity contribution in [1.82, 2.24) is 19.7 Å². The number of ether oxygens (including phenoxy) is 1. The second kappa shape index (κ2) is 7.04. The standard InChI is InChI=1S/C18H18N4O2/c1-3-22-16(6-8-21-22)18-14(5-4-7-19-18)12-24-17-10-20-13(2)9-15(17)11-23/h4-11H,3,12H2,1-2H3. The third kappa shape index (κ3) is 3.17. The number of carbonyl (C=O) groups is 1. The first-order valence-corrected chi connectivity index (χ1v) is 7.73. The first-order valence-electron chi connectivity index (χ1n) is 7.73. The minimum absolute atomic E-state index is 0.295. The Bertz CT molecular complexity index is 858. The molecule has 6 heteroatoms. The van der Waals surface area contributed by atoms with Gasteiger partial charge in [0.1, 0.15) is 12.4 Å². The lowest BCUT2D eigenvalue weighted by Crippen LogP contribution is -2.05. The topological polar surface area (TPSA) is 69.9 Å². The lowest BCUT2D eigenvalue weighted by atomic mass is 10.1. The quantitative estimate of drug-likeness (QED) is 0.652. The molecule has 3 aromatic heterocycles. The van der Waals surface area contributed by atoms with Gasteiger partial charge in [0, 0.05) is 30.2 Å². The molecule has 0 bridgehead atoms. The van der Waals surface area contributed by atoms with Crippen molar-refractivity contribution in [3.8, 4) is 17.1 Å². The first-order chi connectivity index (χ1) is 11.7. The summed E-state index contributed by atoms with van der Waals surface area (Å²) >= 11 is 0. The van der Waals surface area contributed by atoms with Gasteiger partial charge in [-0.1, -0.05) is 6.07 Å². The highest BCUT2D eigenvalue weighted by atomic mass is 16.5. The minimum Gasteiger partial charge on any atom is -0.486 e. The van der Waals surface area contributed by atoms with Crippen molar-refractivity contribution in [3.05, 3.63) is 59.7 Å². The van der Waals surface area contributed by atoms with Crippen LogP contribution in [0.15, 0.2) is 42.9 Å². The summed E-state index contributed by atoms with van der Waals surface area (Å²) in [6, 6.07) is 7.46. The van der Waals surface area contributed by atoms with E-state index in [1.165, 1.54) is 0 Å². The number of aromatic nitrogens is 4. The lowest BCUT2D eigenvalue weighted by molar-refractivity contribution is 0.111. The van der Waals surface area contributed by atoms with Crippen LogP contribution in [0.1, 0.15) is 28.5 Å². The molecule has 0 aliphatic carbocycles. The molecule has 24 heavy (non-hydrogen) atoms. The molecule has 3 aromatic rings. The van der Waals surface area contributed by atoms with Gasteiger partial charge in [0.15, 0.2) is 6.29 Å². The van der Waals surface area contributed by atoms with E-state index < -0.39 is 0 Å². The molecule has 0 aromatic carbocycles. The second-order valence-corrected chi connectivity index (χ2v) is 5.31. The number of nitrogens with zero attached hydrogens (tertiary/aromatic N) is 4. The number of rotatable bonds is 6. The molecule has 0 radical (unpaired) electrons. The molecule has 3 heterocycles. The number of pyridine rings is 2. The molecule has 0 saturated heterocycles. The predicted molar refractivity (Wildman–Crippen MR) is 89.8 cm³/mol. The zero-order valence-corrected chi connectivity index (χ0v) is 13.6. The van der Waals surface area contributed by atoms with E-state index in [4.69, 9.17) is 4.74 Å². The molecule has 0 amide bonds. The average molecular weight is 322 g/mol. The van der Waals surface area contributed by atoms with E-state index in [0.717, 1.165) is 35.5 Å². The number of aryl methyl sites for hydroxylation is 2. The van der Waals surface area contributed by atoms with Crippen molar-refractivity contribution < 1.29 is 9.53 Å². The van der Waals surface area contributed by atoms with Gasteiger partial charge in [0.05, 0.1) is 23.1 Å². The molecule has 122 valence electrons. The van der Waals surface area contributed by atoms with Crippen molar-refractivity contribution in [2.45, 2.75) is 27.0 Å². The van der Waals surface area contributed by atoms with Crippen LogP contribution in [0.4, 0.5) is 0 Å². The Morgan fingerprint density at radius 1 is 1.25 bits per heavy atom. The van der Waals surface area contributed by atoms with Crippen LogP contribution in [-0.4, -0.2) is 26.0 Å². The van der Waals surface area contributed by atoms with E-state index in [1.807, 2.05) is 36.7 Å². The van der Waals surface area contributed by atoms with E-state index in [0.29, 0.717) is 17.9 Å². The smallest absolute Gasteiger partial charge is 0.153 e. The summed E-state index contributed by atoms with van der Waals surface area (Å²) < 4.78 is 7.70. The summed E-state index contributed by atoms with van der Waals surface area (Å²) in [7, 11) is 0. The summed E-state index contributed by atoms with van der Waals surface area (Å²) in [5.41, 5.74) is 3.95. The summed E-state index contributed by atoms with van der Waals surface area (Å²) in [6.07, 6.45) is 5.86. The maximum atomic E-state index is 11.2. The average Bonchev–Trinajstić information content (AvgIpc) is 3.09.